The lowest BCUT2D eigenvalue weighted by atomic mass is 9.86. The molecule has 4 rings (SSSR count). The second-order valence-electron chi connectivity index (χ2n) is 8.00. The predicted octanol–water partition coefficient (Wildman–Crippen LogP) is 0.736. The normalized spacial score (nSPS) is 24.3. The van der Waals surface area contributed by atoms with E-state index in [1.54, 1.807) is 36.2 Å². The lowest BCUT2D eigenvalue weighted by molar-refractivity contribution is -0.136. The van der Waals surface area contributed by atoms with Crippen LogP contribution in [0.3, 0.4) is 0 Å². The van der Waals surface area contributed by atoms with Crippen LogP contribution in [0.15, 0.2) is 24.3 Å². The van der Waals surface area contributed by atoms with Crippen LogP contribution in [0.5, 0.6) is 0 Å². The first-order valence-electron chi connectivity index (χ1n) is 10.3. The molecule has 9 heteroatoms. The fourth-order valence-corrected chi connectivity index (χ4v) is 4.45. The summed E-state index contributed by atoms with van der Waals surface area (Å²) in [5, 5.41) is 0. The van der Waals surface area contributed by atoms with E-state index in [9.17, 15) is 19.2 Å². The smallest absolute Gasteiger partial charge is 0.332 e. The Hall–Kier alpha value is -2.94. The summed E-state index contributed by atoms with van der Waals surface area (Å²) < 4.78 is 0. The van der Waals surface area contributed by atoms with Crippen LogP contribution < -0.4 is 15.5 Å². The lowest BCUT2D eigenvalue weighted by Crippen LogP contribution is -2.61. The number of likely N-dealkylation sites (N-methyl/N-ethyl adjacent to an activating group) is 1. The molecule has 0 bridgehead atoms. The summed E-state index contributed by atoms with van der Waals surface area (Å²) in [5.74, 6) is -1.50. The Bertz CT molecular complexity index is 880. The van der Waals surface area contributed by atoms with Gasteiger partial charge < -0.3 is 15.5 Å². The number of fused-ring (bicyclic) bond motifs is 1. The van der Waals surface area contributed by atoms with E-state index in [1.807, 2.05) is 0 Å². The summed E-state index contributed by atoms with van der Waals surface area (Å²) in [7, 11) is 1.71. The van der Waals surface area contributed by atoms with Crippen LogP contribution in [0.1, 0.15) is 25.7 Å². The van der Waals surface area contributed by atoms with E-state index in [1.165, 1.54) is 11.3 Å². The van der Waals surface area contributed by atoms with E-state index in [2.05, 4.69) is 4.90 Å². The number of carbonyl (C=O) groups is 4. The van der Waals surface area contributed by atoms with E-state index in [-0.39, 0.29) is 5.91 Å². The number of rotatable bonds is 5. The summed E-state index contributed by atoms with van der Waals surface area (Å²) >= 11 is 0. The van der Waals surface area contributed by atoms with Gasteiger partial charge in [0.2, 0.25) is 11.4 Å². The molecule has 159 valence electrons. The van der Waals surface area contributed by atoms with Gasteiger partial charge in [0.15, 0.2) is 0 Å². The minimum atomic E-state index is -1.71. The largest absolute Gasteiger partial charge is 0.367 e. The molecule has 3 aliphatic rings. The molecule has 3 heterocycles. The molecule has 0 aromatic heterocycles. The van der Waals surface area contributed by atoms with Crippen LogP contribution in [0.2, 0.25) is 0 Å². The van der Waals surface area contributed by atoms with Crippen molar-refractivity contribution in [2.75, 3.05) is 43.0 Å². The van der Waals surface area contributed by atoms with Crippen LogP contribution in [0.4, 0.5) is 16.2 Å². The number of nitrogens with zero attached hydrogens (tertiary/aromatic N) is 4. The summed E-state index contributed by atoms with van der Waals surface area (Å²) in [4.78, 5) is 56.6. The number of carbonyl (C=O) groups excluding carboxylic acids is 4. The molecule has 1 radical (unpaired) electrons. The predicted molar refractivity (Wildman–Crippen MR) is 111 cm³/mol. The number of benzene rings is 1. The molecule has 2 N–H and O–H groups in total. The molecule has 3 saturated heterocycles. The Morgan fingerprint density at radius 3 is 2.33 bits per heavy atom. The van der Waals surface area contributed by atoms with Crippen molar-refractivity contribution in [3.05, 3.63) is 30.7 Å². The van der Waals surface area contributed by atoms with Crippen molar-refractivity contribution in [2.24, 2.45) is 5.73 Å². The van der Waals surface area contributed by atoms with Gasteiger partial charge in [-0.2, -0.15) is 0 Å². The average Bonchev–Trinajstić information content (AvgIpc) is 3.33. The third-order valence-corrected chi connectivity index (χ3v) is 6.21. The van der Waals surface area contributed by atoms with E-state index in [0.29, 0.717) is 37.3 Å². The molecular weight excluding hydrogens is 386 g/mol. The number of urea groups is 1. The van der Waals surface area contributed by atoms with Gasteiger partial charge in [-0.15, -0.1) is 0 Å². The Morgan fingerprint density at radius 2 is 1.73 bits per heavy atom. The van der Waals surface area contributed by atoms with E-state index in [4.69, 9.17) is 5.73 Å². The highest BCUT2D eigenvalue weighted by Gasteiger charge is 2.62. The molecule has 0 unspecified atom stereocenters. The molecule has 1 aromatic rings. The zero-order chi connectivity index (χ0) is 21.5. The van der Waals surface area contributed by atoms with Crippen LogP contribution in [-0.2, 0) is 14.4 Å². The summed E-state index contributed by atoms with van der Waals surface area (Å²) in [6.45, 7) is 2.54. The highest BCUT2D eigenvalue weighted by Crippen LogP contribution is 2.38. The second kappa shape index (κ2) is 7.71. The molecule has 3 fully saturated rings. The number of hydrogen-bond donors (Lipinski definition) is 1. The summed E-state index contributed by atoms with van der Waals surface area (Å²) in [6.07, 6.45) is 4.98. The quantitative estimate of drug-likeness (QED) is 0.567. The molecule has 3 aliphatic heterocycles. The van der Waals surface area contributed by atoms with Gasteiger partial charge in [-0.3, -0.25) is 19.3 Å². The number of amides is 5. The number of anilines is 2. The average molecular weight is 412 g/mol. The van der Waals surface area contributed by atoms with Crippen molar-refractivity contribution in [1.82, 2.24) is 9.80 Å². The van der Waals surface area contributed by atoms with E-state index >= 15 is 0 Å². The molecule has 1 atom stereocenters. The van der Waals surface area contributed by atoms with Gasteiger partial charge >= 0.3 is 6.03 Å². The minimum Gasteiger partial charge on any atom is -0.367 e. The van der Waals surface area contributed by atoms with Gasteiger partial charge in [0, 0.05) is 25.7 Å². The van der Waals surface area contributed by atoms with Crippen LogP contribution >= 0.6 is 0 Å². The zero-order valence-electron chi connectivity index (χ0n) is 17.0. The standard InChI is InChI=1S/C21H26N5O4/c1-23(17(27)14-24-11-4-5-12-24)15-6-8-16(9-7-15)26-19(29)21(18(22)28)10-2-3-13-25(21)20(26)30/h6-10H,2-5,11-14H2,1H3,(H2,22,28)/t21-/m0/s1. The maximum absolute atomic E-state index is 13.1. The van der Waals surface area contributed by atoms with Crippen LogP contribution in [0, 0.1) is 6.42 Å². The highest BCUT2D eigenvalue weighted by atomic mass is 16.2. The van der Waals surface area contributed by atoms with Gasteiger partial charge in [0.05, 0.1) is 12.2 Å². The molecule has 5 amide bonds. The SMILES string of the molecule is CN(C(=O)CN1CCCC1)c1ccc(N2C(=O)N3CCC[CH][C@]3(C(N)=O)C2=O)cc1. The molecule has 9 nitrogen and oxygen atoms in total. The van der Waals surface area contributed by atoms with Gasteiger partial charge in [-0.05, 0) is 63.0 Å². The fraction of sp³-hybridized carbons (Fsp3) is 0.476. The number of piperidine rings is 1. The van der Waals surface area contributed by atoms with Crippen molar-refractivity contribution in [2.45, 2.75) is 31.2 Å². The maximum Gasteiger partial charge on any atom is 0.332 e. The third kappa shape index (κ3) is 3.13. The van der Waals surface area contributed by atoms with Crippen molar-refractivity contribution >= 4 is 35.1 Å². The topological polar surface area (TPSA) is 107 Å². The van der Waals surface area contributed by atoms with Gasteiger partial charge in [0.25, 0.3) is 11.8 Å². The number of hydrogen-bond acceptors (Lipinski definition) is 5. The highest BCUT2D eigenvalue weighted by molar-refractivity contribution is 6.31. The monoisotopic (exact) mass is 412 g/mol. The first-order chi connectivity index (χ1) is 14.4. The molecule has 0 saturated carbocycles. The number of primary amides is 1. The van der Waals surface area contributed by atoms with Crippen molar-refractivity contribution < 1.29 is 19.2 Å². The van der Waals surface area contributed by atoms with Crippen molar-refractivity contribution in [1.29, 1.82) is 0 Å². The zero-order valence-corrected chi connectivity index (χ0v) is 17.0. The van der Waals surface area contributed by atoms with Crippen molar-refractivity contribution in [3.8, 4) is 0 Å². The first kappa shape index (κ1) is 20.3. The van der Waals surface area contributed by atoms with Gasteiger partial charge in [-0.25, -0.2) is 9.69 Å². The molecule has 0 spiro atoms. The van der Waals surface area contributed by atoms with Gasteiger partial charge in [-0.1, -0.05) is 0 Å². The first-order valence-corrected chi connectivity index (χ1v) is 10.3. The number of likely N-dealkylation sites (tertiary alicyclic amines) is 1. The Balaban J connectivity index is 1.53. The molecule has 1 aromatic carbocycles. The number of nitrogens with two attached hydrogens (primary N) is 1. The van der Waals surface area contributed by atoms with E-state index < -0.39 is 23.4 Å². The van der Waals surface area contributed by atoms with Crippen molar-refractivity contribution in [3.63, 3.8) is 0 Å². The molecule has 0 aliphatic carbocycles. The Morgan fingerprint density at radius 1 is 1.07 bits per heavy atom. The molecule has 30 heavy (non-hydrogen) atoms. The van der Waals surface area contributed by atoms with Crippen LogP contribution in [0.25, 0.3) is 0 Å². The summed E-state index contributed by atoms with van der Waals surface area (Å²) in [6, 6.07) is 6.04. The number of imide groups is 1. The third-order valence-electron chi connectivity index (χ3n) is 6.21. The van der Waals surface area contributed by atoms with Gasteiger partial charge in [0.1, 0.15) is 0 Å². The minimum absolute atomic E-state index is 0.0163. The lowest BCUT2D eigenvalue weighted by Gasteiger charge is -2.35. The second-order valence-corrected chi connectivity index (χ2v) is 8.00. The molecular formula is C21H26N5O4. The Labute approximate surface area is 175 Å². The maximum atomic E-state index is 13.1. The fourth-order valence-electron chi connectivity index (χ4n) is 4.45. The summed E-state index contributed by atoms with van der Waals surface area (Å²) in [5.41, 5.74) is 4.84. The Kier molecular flexibility index (Phi) is 5.23. The van der Waals surface area contributed by atoms with E-state index in [0.717, 1.165) is 30.8 Å². The van der Waals surface area contributed by atoms with Crippen LogP contribution in [-0.4, -0.2) is 72.3 Å².